The number of hydrogen-bond acceptors (Lipinski definition) is 3. The monoisotopic (exact) mass is 324 g/mol. The van der Waals surface area contributed by atoms with Crippen LogP contribution in [0.2, 0.25) is 10.0 Å². The maximum atomic E-state index is 9.62. The van der Waals surface area contributed by atoms with Crippen molar-refractivity contribution in [3.05, 3.63) is 63.9 Å². The van der Waals surface area contributed by atoms with E-state index in [1.165, 1.54) is 0 Å². The smallest absolute Gasteiger partial charge is 0.0629 e. The number of aliphatic hydroxyl groups excluding tert-OH is 1. The molecule has 0 radical (unpaired) electrons. The Balaban J connectivity index is 1.99. The molecule has 0 bridgehead atoms. The topological polar surface area (TPSA) is 36.4 Å². The van der Waals surface area contributed by atoms with Crippen LogP contribution in [-0.4, -0.2) is 35.2 Å². The Morgan fingerprint density at radius 2 is 2.05 bits per heavy atom. The molecule has 21 heavy (non-hydrogen) atoms. The molecule has 0 saturated heterocycles. The van der Waals surface area contributed by atoms with E-state index in [1.807, 2.05) is 37.4 Å². The lowest BCUT2D eigenvalue weighted by Crippen LogP contribution is -2.29. The summed E-state index contributed by atoms with van der Waals surface area (Å²) in [7, 11) is 1.99. The summed E-state index contributed by atoms with van der Waals surface area (Å²) >= 11 is 11.9. The van der Waals surface area contributed by atoms with Crippen molar-refractivity contribution in [3.63, 3.8) is 0 Å². The minimum atomic E-state index is -0.0542. The third-order valence-corrected chi connectivity index (χ3v) is 4.25. The van der Waals surface area contributed by atoms with Gasteiger partial charge in [-0.05, 0) is 42.8 Å². The molecular formula is C16H18Cl2N2O. The number of nitrogens with zero attached hydrogens (tertiary/aromatic N) is 2. The van der Waals surface area contributed by atoms with Crippen LogP contribution in [-0.2, 0) is 6.42 Å². The van der Waals surface area contributed by atoms with Gasteiger partial charge in [0.2, 0.25) is 0 Å². The Morgan fingerprint density at radius 3 is 2.67 bits per heavy atom. The Bertz CT molecular complexity index is 578. The summed E-state index contributed by atoms with van der Waals surface area (Å²) in [6.45, 7) is 0.863. The summed E-state index contributed by atoms with van der Waals surface area (Å²) in [5.41, 5.74) is 2.13. The van der Waals surface area contributed by atoms with E-state index in [9.17, 15) is 5.11 Å². The second-order valence-corrected chi connectivity index (χ2v) is 5.78. The number of pyridine rings is 1. The van der Waals surface area contributed by atoms with E-state index in [1.54, 1.807) is 12.4 Å². The minimum Gasteiger partial charge on any atom is -0.394 e. The standard InChI is InChI=1S/C16H18Cl2N2O/c1-20(16(11-21)13-3-2-7-19-10-13)8-6-12-4-5-14(17)15(18)9-12/h2-5,7,9-10,16,21H,6,8,11H2,1H3/t16-/m1/s1. The summed E-state index contributed by atoms with van der Waals surface area (Å²) in [5, 5.41) is 10.8. The molecule has 0 unspecified atom stereocenters. The lowest BCUT2D eigenvalue weighted by Gasteiger charge is -2.26. The van der Waals surface area contributed by atoms with Crippen LogP contribution in [0.4, 0.5) is 0 Å². The molecule has 0 aliphatic heterocycles. The molecule has 3 nitrogen and oxygen atoms in total. The first kappa shape index (κ1) is 16.2. The predicted octanol–water partition coefficient (Wildman–Crippen LogP) is 3.60. The number of hydrogen-bond donors (Lipinski definition) is 1. The molecule has 0 saturated carbocycles. The van der Waals surface area contributed by atoms with Crippen LogP contribution in [0.5, 0.6) is 0 Å². The molecule has 0 spiro atoms. The van der Waals surface area contributed by atoms with Gasteiger partial charge in [0.25, 0.3) is 0 Å². The van der Waals surface area contributed by atoms with Gasteiger partial charge in [-0.2, -0.15) is 0 Å². The Hall–Kier alpha value is -1.13. The van der Waals surface area contributed by atoms with Crippen LogP contribution in [0.1, 0.15) is 17.2 Å². The lowest BCUT2D eigenvalue weighted by atomic mass is 10.1. The van der Waals surface area contributed by atoms with Gasteiger partial charge in [0.05, 0.1) is 22.7 Å². The van der Waals surface area contributed by atoms with E-state index in [-0.39, 0.29) is 12.6 Å². The fourth-order valence-electron chi connectivity index (χ4n) is 2.23. The molecule has 1 heterocycles. The van der Waals surface area contributed by atoms with Crippen LogP contribution in [0, 0.1) is 0 Å². The van der Waals surface area contributed by atoms with E-state index in [2.05, 4.69) is 9.88 Å². The van der Waals surface area contributed by atoms with Crippen LogP contribution >= 0.6 is 23.2 Å². The molecule has 0 aliphatic carbocycles. The number of likely N-dealkylation sites (N-methyl/N-ethyl adjacent to an activating group) is 1. The second kappa shape index (κ2) is 7.76. The Labute approximate surface area is 135 Å². The number of aliphatic hydroxyl groups is 1. The van der Waals surface area contributed by atoms with Crippen molar-refractivity contribution in [2.45, 2.75) is 12.5 Å². The Kier molecular flexibility index (Phi) is 6.00. The highest BCUT2D eigenvalue weighted by Gasteiger charge is 2.16. The molecule has 2 aromatic rings. The predicted molar refractivity (Wildman–Crippen MR) is 86.9 cm³/mol. The third-order valence-electron chi connectivity index (χ3n) is 3.51. The largest absolute Gasteiger partial charge is 0.394 e. The zero-order valence-electron chi connectivity index (χ0n) is 11.8. The third kappa shape index (κ3) is 4.42. The van der Waals surface area contributed by atoms with Crippen molar-refractivity contribution in [2.24, 2.45) is 0 Å². The quantitative estimate of drug-likeness (QED) is 0.882. The molecule has 0 amide bonds. The van der Waals surface area contributed by atoms with Crippen molar-refractivity contribution >= 4 is 23.2 Å². The molecule has 2 rings (SSSR count). The average molecular weight is 325 g/mol. The molecule has 5 heteroatoms. The number of rotatable bonds is 6. The fourth-order valence-corrected chi connectivity index (χ4v) is 2.55. The van der Waals surface area contributed by atoms with Crippen LogP contribution in [0.15, 0.2) is 42.7 Å². The molecule has 112 valence electrons. The summed E-state index contributed by atoms with van der Waals surface area (Å²) < 4.78 is 0. The second-order valence-electron chi connectivity index (χ2n) is 4.96. The zero-order valence-corrected chi connectivity index (χ0v) is 13.3. The first-order valence-electron chi connectivity index (χ1n) is 6.76. The number of aromatic nitrogens is 1. The van der Waals surface area contributed by atoms with Gasteiger partial charge in [0, 0.05) is 18.9 Å². The molecule has 1 atom stereocenters. The van der Waals surface area contributed by atoms with E-state index in [0.717, 1.165) is 24.1 Å². The molecule has 1 aromatic heterocycles. The van der Waals surface area contributed by atoms with Gasteiger partial charge in [-0.15, -0.1) is 0 Å². The molecular weight excluding hydrogens is 307 g/mol. The van der Waals surface area contributed by atoms with Crippen molar-refractivity contribution in [3.8, 4) is 0 Å². The van der Waals surface area contributed by atoms with Crippen molar-refractivity contribution in [1.82, 2.24) is 9.88 Å². The highest BCUT2D eigenvalue weighted by molar-refractivity contribution is 6.42. The van der Waals surface area contributed by atoms with Gasteiger partial charge in [-0.25, -0.2) is 0 Å². The summed E-state index contributed by atoms with van der Waals surface area (Å²) in [6, 6.07) is 9.47. The molecule has 0 fully saturated rings. The molecule has 0 aliphatic rings. The van der Waals surface area contributed by atoms with E-state index >= 15 is 0 Å². The van der Waals surface area contributed by atoms with Gasteiger partial charge < -0.3 is 5.11 Å². The first-order valence-corrected chi connectivity index (χ1v) is 7.52. The first-order chi connectivity index (χ1) is 10.1. The maximum Gasteiger partial charge on any atom is 0.0629 e. The fraction of sp³-hybridized carbons (Fsp3) is 0.312. The summed E-state index contributed by atoms with van der Waals surface area (Å²) in [4.78, 5) is 6.22. The lowest BCUT2D eigenvalue weighted by molar-refractivity contribution is 0.149. The maximum absolute atomic E-state index is 9.62. The van der Waals surface area contributed by atoms with Gasteiger partial charge in [-0.1, -0.05) is 35.3 Å². The number of halogens is 2. The van der Waals surface area contributed by atoms with Gasteiger partial charge in [0.15, 0.2) is 0 Å². The highest BCUT2D eigenvalue weighted by atomic mass is 35.5. The van der Waals surface area contributed by atoms with Crippen LogP contribution in [0.25, 0.3) is 0 Å². The van der Waals surface area contributed by atoms with Gasteiger partial charge >= 0.3 is 0 Å². The van der Waals surface area contributed by atoms with E-state index in [4.69, 9.17) is 23.2 Å². The highest BCUT2D eigenvalue weighted by Crippen LogP contribution is 2.23. The van der Waals surface area contributed by atoms with Crippen LogP contribution in [0.3, 0.4) is 0 Å². The zero-order chi connectivity index (χ0) is 15.2. The van der Waals surface area contributed by atoms with Crippen molar-refractivity contribution in [2.75, 3.05) is 20.2 Å². The SMILES string of the molecule is CN(CCc1ccc(Cl)c(Cl)c1)[C@H](CO)c1cccnc1. The van der Waals surface area contributed by atoms with Crippen LogP contribution < -0.4 is 0 Å². The van der Waals surface area contributed by atoms with E-state index in [0.29, 0.717) is 10.0 Å². The van der Waals surface area contributed by atoms with Gasteiger partial charge in [-0.3, -0.25) is 9.88 Å². The summed E-state index contributed by atoms with van der Waals surface area (Å²) in [6.07, 6.45) is 4.36. The molecule has 1 aromatic carbocycles. The van der Waals surface area contributed by atoms with Crippen molar-refractivity contribution in [1.29, 1.82) is 0 Å². The molecule has 1 N–H and O–H groups in total. The minimum absolute atomic E-state index is 0.0542. The van der Waals surface area contributed by atoms with E-state index < -0.39 is 0 Å². The number of benzene rings is 1. The summed E-state index contributed by atoms with van der Waals surface area (Å²) in [5.74, 6) is 0. The normalized spacial score (nSPS) is 12.6. The van der Waals surface area contributed by atoms with Gasteiger partial charge in [0.1, 0.15) is 0 Å². The average Bonchev–Trinajstić information content (AvgIpc) is 2.50. The Morgan fingerprint density at radius 1 is 1.24 bits per heavy atom. The van der Waals surface area contributed by atoms with Crippen molar-refractivity contribution < 1.29 is 5.11 Å².